The van der Waals surface area contributed by atoms with Crippen LogP contribution in [0, 0.1) is 18.3 Å². The van der Waals surface area contributed by atoms with E-state index in [4.69, 9.17) is 4.99 Å². The first-order valence-corrected chi connectivity index (χ1v) is 14.7. The van der Waals surface area contributed by atoms with Crippen LogP contribution in [-0.2, 0) is 11.2 Å². The van der Waals surface area contributed by atoms with Gasteiger partial charge in [-0.1, -0.05) is 32.9 Å². The van der Waals surface area contributed by atoms with Crippen LogP contribution in [0.25, 0.3) is 0 Å². The Balaban J connectivity index is 1.33. The van der Waals surface area contributed by atoms with Crippen LogP contribution in [0.5, 0.6) is 0 Å². The quantitative estimate of drug-likeness (QED) is 0.412. The third kappa shape index (κ3) is 5.50. The smallest absolute Gasteiger partial charge is 0.275 e. The number of nitrogens with one attached hydrogen (secondary N) is 1. The Morgan fingerprint density at radius 3 is 2.43 bits per heavy atom. The van der Waals surface area contributed by atoms with Crippen molar-refractivity contribution in [1.82, 2.24) is 10.2 Å². The third-order valence-corrected chi connectivity index (χ3v) is 9.68. The second-order valence-electron chi connectivity index (χ2n) is 12.1. The molecule has 5 nitrogen and oxygen atoms in total. The molecule has 1 spiro atoms. The van der Waals surface area contributed by atoms with Gasteiger partial charge in [0.15, 0.2) is 0 Å². The highest BCUT2D eigenvalue weighted by Gasteiger charge is 2.50. The van der Waals surface area contributed by atoms with Crippen molar-refractivity contribution in [2.45, 2.75) is 83.7 Å². The van der Waals surface area contributed by atoms with Gasteiger partial charge in [-0.3, -0.25) is 14.6 Å². The molecular weight excluding hydrogens is 478 g/mol. The normalized spacial score (nSPS) is 24.0. The molecule has 6 heteroatoms. The number of hydrogen-bond acceptors (Lipinski definition) is 4. The minimum atomic E-state index is -0.425. The highest BCUT2D eigenvalue weighted by Crippen LogP contribution is 2.48. The van der Waals surface area contributed by atoms with Gasteiger partial charge in [-0.2, -0.15) is 0 Å². The van der Waals surface area contributed by atoms with E-state index in [0.717, 1.165) is 42.5 Å². The fourth-order valence-electron chi connectivity index (χ4n) is 5.87. The molecule has 0 radical (unpaired) electrons. The van der Waals surface area contributed by atoms with Crippen molar-refractivity contribution in [1.29, 1.82) is 0 Å². The van der Waals surface area contributed by atoms with Gasteiger partial charge >= 0.3 is 0 Å². The van der Waals surface area contributed by atoms with E-state index < -0.39 is 5.66 Å². The van der Waals surface area contributed by atoms with Crippen LogP contribution in [0.3, 0.4) is 0 Å². The van der Waals surface area contributed by atoms with Gasteiger partial charge in [0.1, 0.15) is 17.8 Å². The van der Waals surface area contributed by atoms with Gasteiger partial charge in [-0.25, -0.2) is 0 Å². The number of amides is 2. The highest BCUT2D eigenvalue weighted by atomic mass is 32.1. The summed E-state index contributed by atoms with van der Waals surface area (Å²) in [5.41, 5.74) is 2.30. The summed E-state index contributed by atoms with van der Waals surface area (Å²) in [4.78, 5) is 35.8. The van der Waals surface area contributed by atoms with Crippen molar-refractivity contribution in [3.05, 3.63) is 64.2 Å². The zero-order valence-corrected chi connectivity index (χ0v) is 23.3. The van der Waals surface area contributed by atoms with Crippen molar-refractivity contribution in [2.24, 2.45) is 16.3 Å². The Labute approximate surface area is 225 Å². The lowest BCUT2D eigenvalue weighted by Gasteiger charge is -2.45. The molecule has 1 aromatic heterocycles. The third-order valence-electron chi connectivity index (χ3n) is 8.42. The lowest BCUT2D eigenvalue weighted by atomic mass is 9.69. The van der Waals surface area contributed by atoms with E-state index in [9.17, 15) is 9.59 Å². The fourth-order valence-corrected chi connectivity index (χ4v) is 7.02. The number of hydrogen-bond donors (Lipinski definition) is 1. The van der Waals surface area contributed by atoms with Crippen LogP contribution < -0.4 is 5.32 Å². The fraction of sp³-hybridized carbons (Fsp3) is 0.548. The molecule has 1 N–H and O–H groups in total. The number of aliphatic imine (C=N–C) groups is 1. The monoisotopic (exact) mass is 518 g/mol. The molecular formula is C31H40N3O2S+. The van der Waals surface area contributed by atoms with Crippen LogP contribution in [0.2, 0.25) is 0 Å². The highest BCUT2D eigenvalue weighted by molar-refractivity contribution is 7.15. The Bertz CT molecular complexity index is 1160. The van der Waals surface area contributed by atoms with Crippen molar-refractivity contribution >= 4 is 28.9 Å². The van der Waals surface area contributed by atoms with E-state index >= 15 is 0 Å². The molecule has 0 bridgehead atoms. The van der Waals surface area contributed by atoms with Crippen molar-refractivity contribution < 1.29 is 9.59 Å². The summed E-state index contributed by atoms with van der Waals surface area (Å²) in [5.74, 6) is 1.35. The number of carbonyl (C=O) groups is 2. The van der Waals surface area contributed by atoms with E-state index in [0.29, 0.717) is 42.6 Å². The maximum absolute atomic E-state index is 13.9. The van der Waals surface area contributed by atoms with Gasteiger partial charge in [0.05, 0.1) is 18.3 Å². The van der Waals surface area contributed by atoms with E-state index in [1.54, 1.807) is 11.3 Å². The van der Waals surface area contributed by atoms with Crippen molar-refractivity contribution in [2.75, 3.05) is 13.1 Å². The van der Waals surface area contributed by atoms with Crippen LogP contribution in [0.4, 0.5) is 0 Å². The van der Waals surface area contributed by atoms with Crippen LogP contribution in [0.1, 0.15) is 97.3 Å². The first kappa shape index (κ1) is 26.0. The Morgan fingerprint density at radius 1 is 1.11 bits per heavy atom. The summed E-state index contributed by atoms with van der Waals surface area (Å²) in [6, 6.07) is 12.1. The summed E-state index contributed by atoms with van der Waals surface area (Å²) >= 11 is 1.76. The Hall–Kier alpha value is -2.60. The topological polar surface area (TPSA) is 61.8 Å². The summed E-state index contributed by atoms with van der Waals surface area (Å²) in [6.45, 7) is 12.0. The minimum absolute atomic E-state index is 0.0703. The molecule has 2 aromatic rings. The zero-order chi connectivity index (χ0) is 26.2. The second kappa shape index (κ2) is 10.3. The molecule has 1 aromatic carbocycles. The molecule has 2 amide bonds. The van der Waals surface area contributed by atoms with Crippen molar-refractivity contribution in [3.8, 4) is 0 Å². The SMILES string of the molecule is [CH2+]CCNC(=O)c1ccc(CCN2C(=O)C(c3ccc(C4CC4)s3)=NC23CCC(C(C)(C)C)CC3)cc1. The first-order valence-electron chi connectivity index (χ1n) is 13.9. The average Bonchev–Trinajstić information content (AvgIpc) is 3.56. The number of thiophene rings is 1. The van der Waals surface area contributed by atoms with E-state index in [-0.39, 0.29) is 17.2 Å². The van der Waals surface area contributed by atoms with Gasteiger partial charge in [0.25, 0.3) is 11.8 Å². The molecule has 0 atom stereocenters. The molecule has 2 fully saturated rings. The molecule has 5 rings (SSSR count). The minimum Gasteiger partial charge on any atom is -0.348 e. The van der Waals surface area contributed by atoms with Crippen LogP contribution in [0.15, 0.2) is 41.4 Å². The molecule has 3 aliphatic rings. The maximum Gasteiger partial charge on any atom is 0.275 e. The predicted octanol–water partition coefficient (Wildman–Crippen LogP) is 6.39. The Morgan fingerprint density at radius 2 is 1.81 bits per heavy atom. The van der Waals surface area contributed by atoms with E-state index in [1.165, 1.54) is 17.7 Å². The zero-order valence-electron chi connectivity index (χ0n) is 22.5. The number of benzene rings is 1. The summed E-state index contributed by atoms with van der Waals surface area (Å²) in [5, 5.41) is 2.87. The number of rotatable bonds is 8. The molecule has 0 unspecified atom stereocenters. The van der Waals surface area contributed by atoms with Gasteiger partial charge in [-0.15, -0.1) is 11.3 Å². The molecule has 2 saturated carbocycles. The number of carbonyl (C=O) groups excluding carboxylic acids is 2. The molecule has 196 valence electrons. The predicted molar refractivity (Wildman–Crippen MR) is 151 cm³/mol. The van der Waals surface area contributed by atoms with Crippen LogP contribution >= 0.6 is 11.3 Å². The average molecular weight is 519 g/mol. The lowest BCUT2D eigenvalue weighted by molar-refractivity contribution is -0.129. The summed E-state index contributed by atoms with van der Waals surface area (Å²) in [7, 11) is 0. The largest absolute Gasteiger partial charge is 0.348 e. The Kier molecular flexibility index (Phi) is 7.23. The van der Waals surface area contributed by atoms with E-state index in [1.807, 2.05) is 24.3 Å². The number of nitrogens with zero attached hydrogens (tertiary/aromatic N) is 2. The molecule has 2 aliphatic carbocycles. The molecule has 0 saturated heterocycles. The first-order chi connectivity index (χ1) is 17.7. The van der Waals surface area contributed by atoms with E-state index in [2.05, 4.69) is 50.0 Å². The molecule has 37 heavy (non-hydrogen) atoms. The van der Waals surface area contributed by atoms with Crippen molar-refractivity contribution in [3.63, 3.8) is 0 Å². The second-order valence-corrected chi connectivity index (χ2v) is 13.2. The standard InChI is InChI=1S/C31H39N3O2S/c1-5-19-32-28(35)23-8-6-21(7-9-23)16-20-34-29(36)27(26-13-12-25(37-26)22-10-11-22)33-31(34)17-14-24(15-18-31)30(2,3)4/h6-9,12-13,22,24H,1,5,10-11,14-20H2,2-4H3/p+1. The van der Waals surface area contributed by atoms with Gasteiger partial charge in [0, 0.05) is 17.0 Å². The van der Waals surface area contributed by atoms with Gasteiger partial charge in [0.2, 0.25) is 0 Å². The summed E-state index contributed by atoms with van der Waals surface area (Å²) in [6.07, 6.45) is 7.99. The van der Waals surface area contributed by atoms with Gasteiger partial charge < -0.3 is 10.2 Å². The molecule has 1 aliphatic heterocycles. The lowest BCUT2D eigenvalue weighted by Crippen LogP contribution is -2.50. The summed E-state index contributed by atoms with van der Waals surface area (Å²) < 4.78 is 0. The van der Waals surface area contributed by atoms with Crippen LogP contribution in [-0.4, -0.2) is 41.2 Å². The van der Waals surface area contributed by atoms with Gasteiger partial charge in [-0.05, 0) is 92.0 Å². The molecule has 2 heterocycles. The maximum atomic E-state index is 13.9.